The van der Waals surface area contributed by atoms with Gasteiger partial charge in [-0.25, -0.2) is 4.99 Å². The summed E-state index contributed by atoms with van der Waals surface area (Å²) in [6, 6.07) is 8.40. The average molecular weight is 489 g/mol. The Balaban J connectivity index is 0.00000364. The summed E-state index contributed by atoms with van der Waals surface area (Å²) in [6.45, 7) is 9.93. The summed E-state index contributed by atoms with van der Waals surface area (Å²) in [6.07, 6.45) is 3.57. The fourth-order valence-electron chi connectivity index (χ4n) is 3.21. The molecule has 0 unspecified atom stereocenters. The van der Waals surface area contributed by atoms with Crippen LogP contribution in [0.15, 0.2) is 29.3 Å². The Morgan fingerprint density at radius 2 is 1.93 bits per heavy atom. The highest BCUT2D eigenvalue weighted by atomic mass is 127. The molecule has 0 aromatic heterocycles. The van der Waals surface area contributed by atoms with Gasteiger partial charge >= 0.3 is 0 Å². The predicted molar refractivity (Wildman–Crippen MR) is 123 cm³/mol. The summed E-state index contributed by atoms with van der Waals surface area (Å²) < 4.78 is 11.0. The maximum Gasteiger partial charge on any atom is 0.193 e. The zero-order valence-electron chi connectivity index (χ0n) is 17.1. The van der Waals surface area contributed by atoms with E-state index in [4.69, 9.17) is 14.5 Å². The van der Waals surface area contributed by atoms with Gasteiger partial charge in [0.15, 0.2) is 5.96 Å². The van der Waals surface area contributed by atoms with Gasteiger partial charge in [-0.05, 0) is 50.2 Å². The Morgan fingerprint density at radius 1 is 1.22 bits per heavy atom. The molecule has 1 aliphatic heterocycles. The number of benzene rings is 1. The number of hydrogen-bond donors (Lipinski definition) is 1. The van der Waals surface area contributed by atoms with E-state index in [0.29, 0.717) is 13.2 Å². The molecule has 0 saturated carbocycles. The van der Waals surface area contributed by atoms with Gasteiger partial charge in [0.2, 0.25) is 0 Å². The van der Waals surface area contributed by atoms with Crippen molar-refractivity contribution in [3.05, 3.63) is 35.4 Å². The molecule has 5 nitrogen and oxygen atoms in total. The molecule has 27 heavy (non-hydrogen) atoms. The van der Waals surface area contributed by atoms with Gasteiger partial charge in [-0.3, -0.25) is 0 Å². The summed E-state index contributed by atoms with van der Waals surface area (Å²) in [5.41, 5.74) is 2.45. The largest absolute Gasteiger partial charge is 0.381 e. The highest BCUT2D eigenvalue weighted by Crippen LogP contribution is 2.18. The Bertz CT molecular complexity index is 548. The number of rotatable bonds is 9. The van der Waals surface area contributed by atoms with E-state index in [1.54, 1.807) is 0 Å². The molecular weight excluding hydrogens is 453 g/mol. The first-order valence-corrected chi connectivity index (χ1v) is 9.96. The minimum Gasteiger partial charge on any atom is -0.381 e. The lowest BCUT2D eigenvalue weighted by molar-refractivity contribution is 0.0625. The molecule has 1 saturated heterocycles. The Morgan fingerprint density at radius 3 is 2.59 bits per heavy atom. The maximum absolute atomic E-state index is 5.58. The van der Waals surface area contributed by atoms with Crippen molar-refractivity contribution in [2.45, 2.75) is 46.3 Å². The van der Waals surface area contributed by atoms with Crippen molar-refractivity contribution in [3.63, 3.8) is 0 Å². The smallest absolute Gasteiger partial charge is 0.193 e. The van der Waals surface area contributed by atoms with Crippen molar-refractivity contribution >= 4 is 29.9 Å². The minimum atomic E-state index is 0. The normalized spacial score (nSPS) is 15.3. The summed E-state index contributed by atoms with van der Waals surface area (Å²) in [4.78, 5) is 7.12. The number of halogens is 1. The summed E-state index contributed by atoms with van der Waals surface area (Å²) in [5.74, 6) is 1.76. The van der Waals surface area contributed by atoms with Crippen molar-refractivity contribution in [3.8, 4) is 0 Å². The van der Waals surface area contributed by atoms with E-state index in [-0.39, 0.29) is 24.0 Å². The molecular formula is C21H36IN3O2. The second-order valence-corrected chi connectivity index (χ2v) is 6.84. The number of guanidine groups is 1. The van der Waals surface area contributed by atoms with E-state index in [1.807, 2.05) is 6.92 Å². The highest BCUT2D eigenvalue weighted by molar-refractivity contribution is 14.0. The quantitative estimate of drug-likeness (QED) is 0.323. The number of nitrogens with zero attached hydrogens (tertiary/aromatic N) is 2. The van der Waals surface area contributed by atoms with Crippen molar-refractivity contribution in [2.75, 3.05) is 40.0 Å². The Labute approximate surface area is 181 Å². The van der Waals surface area contributed by atoms with Crippen LogP contribution in [0.4, 0.5) is 0 Å². The fourth-order valence-corrected chi connectivity index (χ4v) is 3.21. The third-order valence-electron chi connectivity index (χ3n) is 4.89. The van der Waals surface area contributed by atoms with Gasteiger partial charge in [-0.2, -0.15) is 0 Å². The molecule has 1 aromatic carbocycles. The first-order valence-electron chi connectivity index (χ1n) is 9.96. The van der Waals surface area contributed by atoms with Gasteiger partial charge in [0.05, 0.1) is 13.2 Å². The van der Waals surface area contributed by atoms with Gasteiger partial charge in [-0.1, -0.05) is 24.3 Å². The summed E-state index contributed by atoms with van der Waals surface area (Å²) >= 11 is 0. The van der Waals surface area contributed by atoms with E-state index in [0.717, 1.165) is 44.8 Å². The SMILES string of the molecule is CCNC(=NCc1ccccc1COCC)N(C)CCC1CCOCC1.I. The van der Waals surface area contributed by atoms with Gasteiger partial charge in [0, 0.05) is 40.0 Å². The van der Waals surface area contributed by atoms with E-state index >= 15 is 0 Å². The van der Waals surface area contributed by atoms with Gasteiger partial charge in [0.1, 0.15) is 0 Å². The van der Waals surface area contributed by atoms with Crippen LogP contribution in [0.5, 0.6) is 0 Å². The standard InChI is InChI=1S/C21H35N3O2.HI/c1-4-22-21(24(3)13-10-18-11-14-26-15-12-18)23-16-19-8-6-7-9-20(19)17-25-5-2;/h6-9,18H,4-5,10-17H2,1-3H3,(H,22,23);1H. The summed E-state index contributed by atoms with van der Waals surface area (Å²) in [7, 11) is 2.13. The molecule has 154 valence electrons. The molecule has 1 heterocycles. The second-order valence-electron chi connectivity index (χ2n) is 6.84. The third-order valence-corrected chi connectivity index (χ3v) is 4.89. The van der Waals surface area contributed by atoms with Gasteiger partial charge < -0.3 is 19.7 Å². The van der Waals surface area contributed by atoms with Gasteiger partial charge in [0.25, 0.3) is 0 Å². The lowest BCUT2D eigenvalue weighted by Crippen LogP contribution is -2.40. The van der Waals surface area contributed by atoms with Crippen LogP contribution in [0.3, 0.4) is 0 Å². The zero-order chi connectivity index (χ0) is 18.6. The third kappa shape index (κ3) is 8.79. The highest BCUT2D eigenvalue weighted by Gasteiger charge is 2.15. The molecule has 1 aliphatic rings. The predicted octanol–water partition coefficient (Wildman–Crippen LogP) is 4.06. The van der Waals surface area contributed by atoms with E-state index in [2.05, 4.69) is 48.5 Å². The minimum absolute atomic E-state index is 0. The first kappa shape index (κ1) is 24.2. The molecule has 0 amide bonds. The lowest BCUT2D eigenvalue weighted by atomic mass is 9.96. The second kappa shape index (κ2) is 14.2. The molecule has 6 heteroatoms. The zero-order valence-corrected chi connectivity index (χ0v) is 19.4. The number of nitrogens with one attached hydrogen (secondary N) is 1. The van der Waals surface area contributed by atoms with Crippen LogP contribution in [-0.2, 0) is 22.6 Å². The molecule has 0 radical (unpaired) electrons. The van der Waals surface area contributed by atoms with E-state index < -0.39 is 0 Å². The lowest BCUT2D eigenvalue weighted by Gasteiger charge is -2.27. The Kier molecular flexibility index (Phi) is 12.7. The first-order chi connectivity index (χ1) is 12.7. The molecule has 0 aliphatic carbocycles. The number of ether oxygens (including phenoxy) is 2. The monoisotopic (exact) mass is 489 g/mol. The summed E-state index contributed by atoms with van der Waals surface area (Å²) in [5, 5.41) is 3.42. The Hall–Kier alpha value is -0.860. The van der Waals surface area contributed by atoms with Crippen molar-refractivity contribution in [1.29, 1.82) is 0 Å². The molecule has 2 rings (SSSR count). The van der Waals surface area contributed by atoms with Crippen LogP contribution in [0, 0.1) is 5.92 Å². The maximum atomic E-state index is 5.58. The van der Waals surface area contributed by atoms with Crippen molar-refractivity contribution in [2.24, 2.45) is 10.9 Å². The van der Waals surface area contributed by atoms with Crippen molar-refractivity contribution < 1.29 is 9.47 Å². The molecule has 0 spiro atoms. The molecule has 1 aromatic rings. The van der Waals surface area contributed by atoms with Crippen LogP contribution >= 0.6 is 24.0 Å². The van der Waals surface area contributed by atoms with Crippen LogP contribution < -0.4 is 5.32 Å². The van der Waals surface area contributed by atoms with Crippen LogP contribution in [0.25, 0.3) is 0 Å². The van der Waals surface area contributed by atoms with Crippen LogP contribution in [0.1, 0.15) is 44.2 Å². The van der Waals surface area contributed by atoms with E-state index in [9.17, 15) is 0 Å². The molecule has 0 atom stereocenters. The van der Waals surface area contributed by atoms with Gasteiger partial charge in [-0.15, -0.1) is 24.0 Å². The molecule has 1 fully saturated rings. The van der Waals surface area contributed by atoms with Crippen LogP contribution in [-0.4, -0.2) is 50.8 Å². The number of aliphatic imine (C=N–C) groups is 1. The fraction of sp³-hybridized carbons (Fsp3) is 0.667. The molecule has 0 bridgehead atoms. The average Bonchev–Trinajstić information content (AvgIpc) is 2.69. The number of hydrogen-bond acceptors (Lipinski definition) is 3. The molecule has 1 N–H and O–H groups in total. The van der Waals surface area contributed by atoms with E-state index in [1.165, 1.54) is 30.4 Å². The van der Waals surface area contributed by atoms with Crippen LogP contribution in [0.2, 0.25) is 0 Å². The van der Waals surface area contributed by atoms with Crippen molar-refractivity contribution in [1.82, 2.24) is 10.2 Å². The topological polar surface area (TPSA) is 46.1 Å².